The maximum absolute atomic E-state index is 12.0. The van der Waals surface area contributed by atoms with Gasteiger partial charge in [0.15, 0.2) is 0 Å². The molecule has 6 nitrogen and oxygen atoms in total. The van der Waals surface area contributed by atoms with Crippen LogP contribution in [0.5, 0.6) is 0 Å². The van der Waals surface area contributed by atoms with E-state index < -0.39 is 0 Å². The summed E-state index contributed by atoms with van der Waals surface area (Å²) >= 11 is 0. The van der Waals surface area contributed by atoms with E-state index in [0.717, 1.165) is 12.0 Å². The lowest BCUT2D eigenvalue weighted by molar-refractivity contribution is -0.122. The minimum absolute atomic E-state index is 0.00602. The van der Waals surface area contributed by atoms with Crippen molar-refractivity contribution in [1.82, 2.24) is 20.0 Å². The van der Waals surface area contributed by atoms with E-state index in [4.69, 9.17) is 5.73 Å². The van der Waals surface area contributed by atoms with Gasteiger partial charge in [0.05, 0.1) is 18.8 Å². The molecule has 0 spiro atoms. The van der Waals surface area contributed by atoms with Gasteiger partial charge in [0.25, 0.3) is 0 Å². The molecule has 0 aliphatic carbocycles. The summed E-state index contributed by atoms with van der Waals surface area (Å²) < 4.78 is 1.76. The van der Waals surface area contributed by atoms with Gasteiger partial charge >= 0.3 is 0 Å². The molecule has 2 unspecified atom stereocenters. The van der Waals surface area contributed by atoms with Gasteiger partial charge in [0, 0.05) is 31.4 Å². The third-order valence-electron chi connectivity index (χ3n) is 3.52. The van der Waals surface area contributed by atoms with Gasteiger partial charge < -0.3 is 11.1 Å². The van der Waals surface area contributed by atoms with Crippen LogP contribution in [0.25, 0.3) is 0 Å². The fourth-order valence-corrected chi connectivity index (χ4v) is 2.34. The number of nitrogens with two attached hydrogens (primary N) is 1. The fourth-order valence-electron chi connectivity index (χ4n) is 2.34. The number of aromatic nitrogens is 2. The Balaban J connectivity index is 2.72. The molecule has 0 radical (unpaired) electrons. The van der Waals surface area contributed by atoms with Crippen molar-refractivity contribution >= 4 is 5.91 Å². The number of carbonyl (C=O) groups excluding carboxylic acids is 1. The van der Waals surface area contributed by atoms with Crippen molar-refractivity contribution in [3.63, 3.8) is 0 Å². The summed E-state index contributed by atoms with van der Waals surface area (Å²) in [5.74, 6) is 0.481. The first-order chi connectivity index (χ1) is 9.85. The number of aryl methyl sites for hydroxylation is 1. The smallest absolute Gasteiger partial charge is 0.234 e. The summed E-state index contributed by atoms with van der Waals surface area (Å²) in [6.45, 7) is 7.25. The quantitative estimate of drug-likeness (QED) is 0.747. The lowest BCUT2D eigenvalue weighted by Crippen LogP contribution is -2.44. The van der Waals surface area contributed by atoms with Crippen LogP contribution in [0.4, 0.5) is 0 Å². The lowest BCUT2D eigenvalue weighted by atomic mass is 9.99. The second kappa shape index (κ2) is 8.14. The topological polar surface area (TPSA) is 76.2 Å². The van der Waals surface area contributed by atoms with E-state index in [1.807, 2.05) is 31.4 Å². The molecule has 21 heavy (non-hydrogen) atoms. The Morgan fingerprint density at radius 3 is 2.67 bits per heavy atom. The summed E-state index contributed by atoms with van der Waals surface area (Å²) in [5.41, 5.74) is 7.29. The molecule has 3 N–H and O–H groups in total. The lowest BCUT2D eigenvalue weighted by Gasteiger charge is -2.31. The number of nitrogens with zero attached hydrogens (tertiary/aromatic N) is 3. The summed E-state index contributed by atoms with van der Waals surface area (Å²) in [4.78, 5) is 14.0. The third kappa shape index (κ3) is 5.47. The molecule has 0 saturated carbocycles. The summed E-state index contributed by atoms with van der Waals surface area (Å²) in [6, 6.07) is -0.0365. The van der Waals surface area contributed by atoms with Crippen LogP contribution in [-0.2, 0) is 11.8 Å². The average molecular weight is 295 g/mol. The zero-order valence-electron chi connectivity index (χ0n) is 13.8. The van der Waals surface area contributed by atoms with Gasteiger partial charge in [-0.3, -0.25) is 14.4 Å². The molecule has 1 amide bonds. The van der Waals surface area contributed by atoms with Gasteiger partial charge in [0.2, 0.25) is 5.91 Å². The van der Waals surface area contributed by atoms with Crippen molar-refractivity contribution < 1.29 is 4.79 Å². The number of hydrogen-bond acceptors (Lipinski definition) is 4. The van der Waals surface area contributed by atoms with Crippen molar-refractivity contribution in [2.75, 3.05) is 20.1 Å². The molecule has 0 bridgehead atoms. The summed E-state index contributed by atoms with van der Waals surface area (Å²) in [7, 11) is 3.81. The van der Waals surface area contributed by atoms with Crippen LogP contribution < -0.4 is 11.1 Å². The Bertz CT molecular complexity index is 443. The number of likely N-dealkylation sites (N-methyl/N-ethyl adjacent to an activating group) is 1. The van der Waals surface area contributed by atoms with Crippen molar-refractivity contribution in [3.8, 4) is 0 Å². The standard InChI is InChI=1S/C15H29N5O/c1-6-13(16)15(12-8-18-20(5)9-12)19(4)10-14(21)17-7-11(2)3/h8-9,11,13,15H,6-7,10,16H2,1-5H3,(H,17,21). The van der Waals surface area contributed by atoms with Crippen LogP contribution in [0.2, 0.25) is 0 Å². The first-order valence-corrected chi connectivity index (χ1v) is 7.56. The molecule has 0 aliphatic heterocycles. The molecule has 120 valence electrons. The van der Waals surface area contributed by atoms with Gasteiger partial charge in [-0.1, -0.05) is 20.8 Å². The molecule has 2 atom stereocenters. The highest BCUT2D eigenvalue weighted by atomic mass is 16.2. The molecule has 1 rings (SSSR count). The van der Waals surface area contributed by atoms with E-state index in [0.29, 0.717) is 19.0 Å². The number of rotatable bonds is 8. The second-order valence-electron chi connectivity index (χ2n) is 6.08. The van der Waals surface area contributed by atoms with Crippen LogP contribution >= 0.6 is 0 Å². The minimum atomic E-state index is -0.0305. The first-order valence-electron chi connectivity index (χ1n) is 7.56. The Hall–Kier alpha value is -1.40. The number of hydrogen-bond donors (Lipinski definition) is 2. The van der Waals surface area contributed by atoms with Crippen LogP contribution in [0, 0.1) is 5.92 Å². The number of nitrogens with one attached hydrogen (secondary N) is 1. The van der Waals surface area contributed by atoms with E-state index in [-0.39, 0.29) is 18.0 Å². The molecular formula is C15H29N5O. The van der Waals surface area contributed by atoms with Crippen molar-refractivity contribution in [2.45, 2.75) is 39.3 Å². The normalized spacial score (nSPS) is 14.5. The Labute approximate surface area is 127 Å². The molecule has 0 fully saturated rings. The van der Waals surface area contributed by atoms with E-state index >= 15 is 0 Å². The largest absolute Gasteiger partial charge is 0.355 e. The molecule has 0 saturated heterocycles. The number of carbonyl (C=O) groups is 1. The molecule has 0 aromatic carbocycles. The summed E-state index contributed by atoms with van der Waals surface area (Å²) in [5, 5.41) is 7.15. The Morgan fingerprint density at radius 1 is 1.52 bits per heavy atom. The third-order valence-corrected chi connectivity index (χ3v) is 3.52. The van der Waals surface area contributed by atoms with Crippen LogP contribution in [0.3, 0.4) is 0 Å². The van der Waals surface area contributed by atoms with Crippen molar-refractivity contribution in [3.05, 3.63) is 18.0 Å². The molecule has 1 heterocycles. The summed E-state index contributed by atoms with van der Waals surface area (Å²) in [6.07, 6.45) is 4.63. The fraction of sp³-hybridized carbons (Fsp3) is 0.733. The minimum Gasteiger partial charge on any atom is -0.355 e. The highest BCUT2D eigenvalue weighted by molar-refractivity contribution is 5.78. The predicted octanol–water partition coefficient (Wildman–Crippen LogP) is 0.902. The van der Waals surface area contributed by atoms with Gasteiger partial charge in [0.1, 0.15) is 0 Å². The SMILES string of the molecule is CCC(N)C(c1cnn(C)c1)N(C)CC(=O)NCC(C)C. The Morgan fingerprint density at radius 2 is 2.19 bits per heavy atom. The highest BCUT2D eigenvalue weighted by Gasteiger charge is 2.25. The Kier molecular flexibility index (Phi) is 6.84. The first kappa shape index (κ1) is 17.7. The molecule has 0 aliphatic rings. The van der Waals surface area contributed by atoms with E-state index in [1.54, 1.807) is 4.68 Å². The van der Waals surface area contributed by atoms with Gasteiger partial charge in [-0.15, -0.1) is 0 Å². The van der Waals surface area contributed by atoms with Crippen molar-refractivity contribution in [2.24, 2.45) is 18.7 Å². The zero-order chi connectivity index (χ0) is 16.0. The zero-order valence-corrected chi connectivity index (χ0v) is 13.8. The number of amides is 1. The monoisotopic (exact) mass is 295 g/mol. The predicted molar refractivity (Wildman–Crippen MR) is 84.7 cm³/mol. The van der Waals surface area contributed by atoms with Gasteiger partial charge in [-0.25, -0.2) is 0 Å². The van der Waals surface area contributed by atoms with Gasteiger partial charge in [-0.2, -0.15) is 5.10 Å². The van der Waals surface area contributed by atoms with Crippen LogP contribution in [0.1, 0.15) is 38.8 Å². The maximum atomic E-state index is 12.0. The van der Waals surface area contributed by atoms with E-state index in [2.05, 4.69) is 31.2 Å². The van der Waals surface area contributed by atoms with Crippen molar-refractivity contribution in [1.29, 1.82) is 0 Å². The second-order valence-corrected chi connectivity index (χ2v) is 6.08. The molecule has 1 aromatic rings. The van der Waals surface area contributed by atoms with Gasteiger partial charge in [-0.05, 0) is 19.4 Å². The van der Waals surface area contributed by atoms with E-state index in [1.165, 1.54) is 0 Å². The van der Waals surface area contributed by atoms with Crippen LogP contribution in [-0.4, -0.2) is 46.8 Å². The maximum Gasteiger partial charge on any atom is 0.234 e. The highest BCUT2D eigenvalue weighted by Crippen LogP contribution is 2.23. The molecular weight excluding hydrogens is 266 g/mol. The molecule has 6 heteroatoms. The average Bonchev–Trinajstić information content (AvgIpc) is 2.82. The van der Waals surface area contributed by atoms with Crippen LogP contribution in [0.15, 0.2) is 12.4 Å². The van der Waals surface area contributed by atoms with E-state index in [9.17, 15) is 4.79 Å². The molecule has 1 aromatic heterocycles.